The highest BCUT2D eigenvalue weighted by Crippen LogP contribution is 2.22. The van der Waals surface area contributed by atoms with Crippen molar-refractivity contribution in [2.45, 2.75) is 26.7 Å². The first-order valence-corrected chi connectivity index (χ1v) is 9.93. The third kappa shape index (κ3) is 4.82. The van der Waals surface area contributed by atoms with Crippen molar-refractivity contribution >= 4 is 34.6 Å². The molecular formula is C22H28N4O2. The molecule has 3 rings (SSSR count). The number of anilines is 4. The van der Waals surface area contributed by atoms with E-state index < -0.39 is 11.8 Å². The van der Waals surface area contributed by atoms with Crippen LogP contribution in [0.3, 0.4) is 0 Å². The van der Waals surface area contributed by atoms with Crippen molar-refractivity contribution in [1.29, 1.82) is 0 Å². The Kier molecular flexibility index (Phi) is 6.53. The molecule has 2 aromatic rings. The normalized spacial score (nSPS) is 13.3. The molecule has 1 fully saturated rings. The molecule has 6 heteroatoms. The molecule has 0 bridgehead atoms. The standard InChI is InChI=1S/C22H28N4O2/c1-3-25(4-2)19-11-7-17(8-12-19)23-21(27)22(28)24-18-9-13-20(14-10-18)26-15-5-6-16-26/h7-14H,3-6,15-16H2,1-2H3,(H,23,27)(H,24,28). The number of nitrogens with one attached hydrogen (secondary N) is 2. The fourth-order valence-corrected chi connectivity index (χ4v) is 3.45. The van der Waals surface area contributed by atoms with Crippen LogP contribution in [-0.4, -0.2) is 38.0 Å². The first kappa shape index (κ1) is 19.7. The Balaban J connectivity index is 1.55. The lowest BCUT2D eigenvalue weighted by Crippen LogP contribution is -2.29. The highest BCUT2D eigenvalue weighted by atomic mass is 16.2. The van der Waals surface area contributed by atoms with E-state index in [2.05, 4.69) is 34.3 Å². The lowest BCUT2D eigenvalue weighted by molar-refractivity contribution is -0.132. The van der Waals surface area contributed by atoms with Crippen molar-refractivity contribution in [3.63, 3.8) is 0 Å². The molecule has 1 heterocycles. The third-order valence-corrected chi connectivity index (χ3v) is 5.06. The first-order chi connectivity index (χ1) is 13.6. The average molecular weight is 380 g/mol. The van der Waals surface area contributed by atoms with Crippen LogP contribution in [0, 0.1) is 0 Å². The van der Waals surface area contributed by atoms with E-state index in [1.807, 2.05) is 48.5 Å². The molecule has 0 unspecified atom stereocenters. The Morgan fingerprint density at radius 2 is 1.29 bits per heavy atom. The largest absolute Gasteiger partial charge is 0.372 e. The maximum Gasteiger partial charge on any atom is 0.314 e. The van der Waals surface area contributed by atoms with E-state index in [9.17, 15) is 9.59 Å². The minimum absolute atomic E-state index is 0.598. The van der Waals surface area contributed by atoms with Gasteiger partial charge in [0, 0.05) is 48.9 Å². The van der Waals surface area contributed by atoms with Gasteiger partial charge in [0.15, 0.2) is 0 Å². The summed E-state index contributed by atoms with van der Waals surface area (Å²) in [4.78, 5) is 28.9. The van der Waals surface area contributed by atoms with Gasteiger partial charge < -0.3 is 20.4 Å². The van der Waals surface area contributed by atoms with Gasteiger partial charge in [-0.15, -0.1) is 0 Å². The van der Waals surface area contributed by atoms with E-state index in [4.69, 9.17) is 0 Å². The van der Waals surface area contributed by atoms with Crippen LogP contribution in [0.2, 0.25) is 0 Å². The number of carbonyl (C=O) groups excluding carboxylic acids is 2. The molecule has 2 amide bonds. The van der Waals surface area contributed by atoms with Gasteiger partial charge in [-0.1, -0.05) is 0 Å². The molecule has 0 aliphatic carbocycles. The van der Waals surface area contributed by atoms with Gasteiger partial charge in [-0.2, -0.15) is 0 Å². The maximum atomic E-state index is 12.2. The monoisotopic (exact) mass is 380 g/mol. The fraction of sp³-hybridized carbons (Fsp3) is 0.364. The summed E-state index contributed by atoms with van der Waals surface area (Å²) in [6, 6.07) is 15.1. The van der Waals surface area contributed by atoms with Crippen LogP contribution in [0.4, 0.5) is 22.7 Å². The molecule has 6 nitrogen and oxygen atoms in total. The molecule has 0 saturated carbocycles. The number of hydrogen-bond acceptors (Lipinski definition) is 4. The molecule has 2 N–H and O–H groups in total. The quantitative estimate of drug-likeness (QED) is 0.750. The summed E-state index contributed by atoms with van der Waals surface area (Å²) in [6.07, 6.45) is 2.43. The summed E-state index contributed by atoms with van der Waals surface area (Å²) in [5, 5.41) is 5.29. The van der Waals surface area contributed by atoms with Crippen LogP contribution < -0.4 is 20.4 Å². The van der Waals surface area contributed by atoms with Gasteiger partial charge >= 0.3 is 11.8 Å². The predicted octanol–water partition coefficient (Wildman–Crippen LogP) is 3.71. The van der Waals surface area contributed by atoms with Gasteiger partial charge in [0.2, 0.25) is 0 Å². The summed E-state index contributed by atoms with van der Waals surface area (Å²) < 4.78 is 0. The number of benzene rings is 2. The smallest absolute Gasteiger partial charge is 0.314 e. The number of amides is 2. The second kappa shape index (κ2) is 9.26. The lowest BCUT2D eigenvalue weighted by Gasteiger charge is -2.21. The molecule has 1 aliphatic heterocycles. The third-order valence-electron chi connectivity index (χ3n) is 5.06. The Morgan fingerprint density at radius 1 is 0.821 bits per heavy atom. The minimum atomic E-state index is -0.681. The Labute approximate surface area is 166 Å². The Bertz CT molecular complexity index is 735. The van der Waals surface area contributed by atoms with Gasteiger partial charge in [-0.3, -0.25) is 9.59 Å². The van der Waals surface area contributed by atoms with E-state index in [0.717, 1.165) is 37.6 Å². The number of rotatable bonds is 6. The molecular weight excluding hydrogens is 352 g/mol. The zero-order valence-electron chi connectivity index (χ0n) is 16.6. The van der Waals surface area contributed by atoms with Crippen LogP contribution in [-0.2, 0) is 9.59 Å². The van der Waals surface area contributed by atoms with Crippen LogP contribution in [0.25, 0.3) is 0 Å². The zero-order valence-corrected chi connectivity index (χ0v) is 16.6. The van der Waals surface area contributed by atoms with Gasteiger partial charge in [-0.25, -0.2) is 0 Å². The molecule has 1 saturated heterocycles. The van der Waals surface area contributed by atoms with Crippen molar-refractivity contribution in [2.75, 3.05) is 46.6 Å². The Morgan fingerprint density at radius 3 is 1.75 bits per heavy atom. The van der Waals surface area contributed by atoms with Gasteiger partial charge in [0.1, 0.15) is 0 Å². The minimum Gasteiger partial charge on any atom is -0.372 e. The number of carbonyl (C=O) groups is 2. The second-order valence-electron chi connectivity index (χ2n) is 6.87. The molecule has 148 valence electrons. The fourth-order valence-electron chi connectivity index (χ4n) is 3.45. The highest BCUT2D eigenvalue weighted by molar-refractivity contribution is 6.43. The van der Waals surface area contributed by atoms with Gasteiger partial charge in [0.05, 0.1) is 0 Å². The molecule has 0 radical (unpaired) electrons. The lowest BCUT2D eigenvalue weighted by atomic mass is 10.2. The summed E-state index contributed by atoms with van der Waals surface area (Å²) in [6.45, 7) is 8.17. The SMILES string of the molecule is CCN(CC)c1ccc(NC(=O)C(=O)Nc2ccc(N3CCCC3)cc2)cc1. The molecule has 2 aromatic carbocycles. The van der Waals surface area contributed by atoms with Crippen LogP contribution in [0.15, 0.2) is 48.5 Å². The Hall–Kier alpha value is -3.02. The maximum absolute atomic E-state index is 12.2. The second-order valence-corrected chi connectivity index (χ2v) is 6.87. The molecule has 1 aliphatic rings. The number of nitrogens with zero attached hydrogens (tertiary/aromatic N) is 2. The molecule has 0 spiro atoms. The summed E-state index contributed by atoms with van der Waals surface area (Å²) in [5.41, 5.74) is 3.44. The van der Waals surface area contributed by atoms with E-state index in [1.165, 1.54) is 12.8 Å². The molecule has 0 aromatic heterocycles. The van der Waals surface area contributed by atoms with Crippen molar-refractivity contribution in [3.05, 3.63) is 48.5 Å². The van der Waals surface area contributed by atoms with Crippen LogP contribution in [0.5, 0.6) is 0 Å². The summed E-state index contributed by atoms with van der Waals surface area (Å²) in [5.74, 6) is -1.36. The summed E-state index contributed by atoms with van der Waals surface area (Å²) in [7, 11) is 0. The number of hydrogen-bond donors (Lipinski definition) is 2. The van der Waals surface area contributed by atoms with Crippen molar-refractivity contribution in [2.24, 2.45) is 0 Å². The predicted molar refractivity (Wildman–Crippen MR) is 115 cm³/mol. The van der Waals surface area contributed by atoms with Crippen molar-refractivity contribution in [3.8, 4) is 0 Å². The van der Waals surface area contributed by atoms with Crippen molar-refractivity contribution < 1.29 is 9.59 Å². The van der Waals surface area contributed by atoms with Gasteiger partial charge in [-0.05, 0) is 75.2 Å². The average Bonchev–Trinajstić information content (AvgIpc) is 3.25. The van der Waals surface area contributed by atoms with E-state index in [-0.39, 0.29) is 0 Å². The first-order valence-electron chi connectivity index (χ1n) is 9.93. The molecule has 0 atom stereocenters. The molecule has 28 heavy (non-hydrogen) atoms. The highest BCUT2D eigenvalue weighted by Gasteiger charge is 2.15. The van der Waals surface area contributed by atoms with Gasteiger partial charge in [0.25, 0.3) is 0 Å². The van der Waals surface area contributed by atoms with Crippen LogP contribution in [0.1, 0.15) is 26.7 Å². The zero-order chi connectivity index (χ0) is 19.9. The van der Waals surface area contributed by atoms with E-state index in [1.54, 1.807) is 0 Å². The van der Waals surface area contributed by atoms with E-state index in [0.29, 0.717) is 11.4 Å². The van der Waals surface area contributed by atoms with Crippen molar-refractivity contribution in [1.82, 2.24) is 0 Å². The van der Waals surface area contributed by atoms with Crippen LogP contribution >= 0.6 is 0 Å². The van der Waals surface area contributed by atoms with E-state index >= 15 is 0 Å². The summed E-state index contributed by atoms with van der Waals surface area (Å²) >= 11 is 0. The topological polar surface area (TPSA) is 64.7 Å².